The third-order valence-electron chi connectivity index (χ3n) is 2.37. The molecule has 2 aromatic rings. The van der Waals surface area contributed by atoms with Gasteiger partial charge in [0.05, 0.1) is 11.1 Å². The van der Waals surface area contributed by atoms with Gasteiger partial charge in [0.2, 0.25) is 3.57 Å². The summed E-state index contributed by atoms with van der Waals surface area (Å²) in [7, 11) is 0. The minimum absolute atomic E-state index is 0.176. The Labute approximate surface area is 131 Å². The van der Waals surface area contributed by atoms with Crippen LogP contribution in [0.1, 0.15) is 20.7 Å². The van der Waals surface area contributed by atoms with E-state index in [0.29, 0.717) is 0 Å². The molecule has 0 spiro atoms. The van der Waals surface area contributed by atoms with Crippen LogP contribution in [0.25, 0.3) is 0 Å². The molecule has 2 nitrogen and oxygen atoms in total. The summed E-state index contributed by atoms with van der Waals surface area (Å²) in [6, 6.07) is 14.8. The minimum atomic E-state index is -0.664. The van der Waals surface area contributed by atoms with Crippen LogP contribution in [0.5, 0.6) is 0 Å². The summed E-state index contributed by atoms with van der Waals surface area (Å²) in [5.41, 5.74) is 0.413. The molecule has 2 aromatic carbocycles. The molecule has 0 radical (unpaired) electrons. The predicted molar refractivity (Wildman–Crippen MR) is 70.6 cm³/mol. The lowest BCUT2D eigenvalue weighted by atomic mass is 10.1. The van der Waals surface area contributed by atoms with Gasteiger partial charge in [-0.2, -0.15) is 0 Å². The number of hydrogen-bond donors (Lipinski definition) is 0. The molecule has 0 N–H and O–H groups in total. The number of carbonyl (C=O) groups excluding carboxylic acids is 2. The van der Waals surface area contributed by atoms with Gasteiger partial charge in [-0.05, 0) is 47.5 Å². The fourth-order valence-corrected chi connectivity index (χ4v) is 4.72. The summed E-state index contributed by atoms with van der Waals surface area (Å²) in [6.07, 6.45) is 0. The highest BCUT2D eigenvalue weighted by Gasteiger charge is 2.27. The molecule has 0 aliphatic rings. The highest BCUT2D eigenvalue weighted by molar-refractivity contribution is 6.71. The summed E-state index contributed by atoms with van der Waals surface area (Å²) in [5.74, 6) is 0. The second-order valence-corrected chi connectivity index (χ2v) is 7.23. The first-order valence-corrected chi connectivity index (χ1v) is 8.23. The number of carbonyl (C=O) groups is 2. The zero-order valence-electron chi connectivity index (χ0n) is 9.57. The molecule has 0 bridgehead atoms. The van der Waals surface area contributed by atoms with Crippen LogP contribution in [-0.2, 0) is 0 Å². The third kappa shape index (κ3) is 3.55. The summed E-state index contributed by atoms with van der Waals surface area (Å²) in [6.45, 7) is 0. The lowest BCUT2D eigenvalue weighted by Gasteiger charge is -2.00. The van der Waals surface area contributed by atoms with Gasteiger partial charge in [-0.3, -0.25) is 9.59 Å². The molecule has 0 amide bonds. The quantitative estimate of drug-likeness (QED) is 0.550. The van der Waals surface area contributed by atoms with Gasteiger partial charge >= 0.3 is 21.2 Å². The maximum Gasteiger partial charge on any atom is 0.358 e. The molecule has 0 aliphatic heterocycles. The highest BCUT2D eigenvalue weighted by atomic mass is 127. The molecule has 0 heterocycles. The van der Waals surface area contributed by atoms with Gasteiger partial charge in [-0.15, -0.1) is 0 Å². The van der Waals surface area contributed by atoms with Gasteiger partial charge in [0.25, 0.3) is 10.5 Å². The van der Waals surface area contributed by atoms with Crippen LogP contribution in [-0.4, -0.2) is 10.5 Å². The number of rotatable bonds is 4. The topological polar surface area (TPSA) is 34.1 Å². The molecule has 19 heavy (non-hydrogen) atoms. The van der Waals surface area contributed by atoms with E-state index in [-0.39, 0.29) is 11.1 Å². The van der Waals surface area contributed by atoms with Crippen molar-refractivity contribution in [2.75, 3.05) is 0 Å². The van der Waals surface area contributed by atoms with Crippen molar-refractivity contribution < 1.29 is 30.8 Å². The first kappa shape index (κ1) is 14.5. The molecule has 96 valence electrons. The molecule has 0 fully saturated rings. The normalized spacial score (nSPS) is 10.2. The van der Waals surface area contributed by atoms with Gasteiger partial charge in [-0.25, -0.2) is 0 Å². The zero-order valence-corrected chi connectivity index (χ0v) is 13.2. The van der Waals surface area contributed by atoms with Crippen molar-refractivity contribution in [3.05, 3.63) is 66.8 Å². The van der Waals surface area contributed by atoms with E-state index in [1.54, 1.807) is 6.07 Å². The second-order valence-electron chi connectivity index (χ2n) is 3.60. The zero-order chi connectivity index (χ0) is 13.8. The van der Waals surface area contributed by atoms with Crippen LogP contribution in [0.2, 0.25) is 0 Å². The molecule has 0 aliphatic carbocycles. The first-order chi connectivity index (χ1) is 9.09. The Balaban J connectivity index is 2.48. The fraction of sp³-hybridized carbons (Fsp3) is 0. The van der Waals surface area contributed by atoms with Crippen LogP contribution >= 0.6 is 23.2 Å². The molecule has 0 aromatic heterocycles. The van der Waals surface area contributed by atoms with Gasteiger partial charge in [-0.1, -0.05) is 24.3 Å². The average Bonchev–Trinajstić information content (AvgIpc) is 2.39. The van der Waals surface area contributed by atoms with Crippen LogP contribution in [0.15, 0.2) is 48.5 Å². The molecular weight excluding hydrogens is 398 g/mol. The molecule has 2 rings (SSSR count). The molecular formula is C14H8Cl2IO2+. The predicted octanol–water partition coefficient (Wildman–Crippen LogP) is 0.573. The van der Waals surface area contributed by atoms with Crippen LogP contribution in [0, 0.1) is 7.14 Å². The molecule has 0 atom stereocenters. The largest absolute Gasteiger partial charge is 0.358 e. The van der Waals surface area contributed by atoms with Gasteiger partial charge < -0.3 is 0 Å². The van der Waals surface area contributed by atoms with E-state index in [1.165, 1.54) is 6.07 Å². The van der Waals surface area contributed by atoms with E-state index in [0.717, 1.165) is 7.14 Å². The maximum atomic E-state index is 11.6. The Hall–Kier alpha value is -0.910. The van der Waals surface area contributed by atoms with Gasteiger partial charge in [0.15, 0.2) is 3.57 Å². The summed E-state index contributed by atoms with van der Waals surface area (Å²) in [4.78, 5) is 22.9. The Kier molecular flexibility index (Phi) is 4.96. The Morgan fingerprint density at radius 3 is 2.11 bits per heavy atom. The number of hydrogen-bond acceptors (Lipinski definition) is 2. The number of benzene rings is 2. The van der Waals surface area contributed by atoms with E-state index >= 15 is 0 Å². The smallest absolute Gasteiger partial charge is 0.276 e. The fourth-order valence-electron chi connectivity index (χ4n) is 1.56. The lowest BCUT2D eigenvalue weighted by Crippen LogP contribution is -3.61. The maximum absolute atomic E-state index is 11.6. The van der Waals surface area contributed by atoms with Crippen molar-refractivity contribution in [3.63, 3.8) is 0 Å². The highest BCUT2D eigenvalue weighted by Crippen LogP contribution is 2.14. The first-order valence-electron chi connectivity index (χ1n) is 5.32. The van der Waals surface area contributed by atoms with E-state index in [9.17, 15) is 9.59 Å². The van der Waals surface area contributed by atoms with Gasteiger partial charge in [0, 0.05) is 0 Å². The van der Waals surface area contributed by atoms with Crippen molar-refractivity contribution in [2.45, 2.75) is 0 Å². The molecule has 0 saturated heterocycles. The van der Waals surface area contributed by atoms with Crippen LogP contribution in [0.3, 0.4) is 0 Å². The average molecular weight is 406 g/mol. The van der Waals surface area contributed by atoms with E-state index < -0.39 is 31.7 Å². The van der Waals surface area contributed by atoms with Crippen LogP contribution < -0.4 is 21.2 Å². The van der Waals surface area contributed by atoms with Gasteiger partial charge in [0.1, 0.15) is 0 Å². The Bertz CT molecular complexity index is 627. The Morgan fingerprint density at radius 2 is 1.53 bits per heavy atom. The summed E-state index contributed by atoms with van der Waals surface area (Å²) < 4.78 is 1.94. The van der Waals surface area contributed by atoms with E-state index in [4.69, 9.17) is 23.2 Å². The van der Waals surface area contributed by atoms with Crippen LogP contribution in [0.4, 0.5) is 0 Å². The SMILES string of the molecule is O=C(Cl)c1cccc([I+]c2ccccc2)c1C(=O)Cl. The van der Waals surface area contributed by atoms with Crippen molar-refractivity contribution in [2.24, 2.45) is 0 Å². The Morgan fingerprint density at radius 1 is 0.842 bits per heavy atom. The third-order valence-corrected chi connectivity index (χ3v) is 5.58. The molecule has 0 unspecified atom stereocenters. The summed E-state index contributed by atoms with van der Waals surface area (Å²) >= 11 is 10.5. The minimum Gasteiger partial charge on any atom is -0.276 e. The standard InChI is InChI=1S/C14H8Cl2IO2/c15-13(18)10-7-4-8-11(12(10)14(16)19)17-9-5-2-1-3-6-9/h1-8H/q+1. The summed E-state index contributed by atoms with van der Waals surface area (Å²) in [5, 5.41) is -1.31. The van der Waals surface area contributed by atoms with E-state index in [2.05, 4.69) is 0 Å². The van der Waals surface area contributed by atoms with E-state index in [1.807, 2.05) is 36.4 Å². The van der Waals surface area contributed by atoms with Crippen molar-refractivity contribution in [3.8, 4) is 0 Å². The second kappa shape index (κ2) is 6.50. The number of halogens is 3. The van der Waals surface area contributed by atoms with Crippen molar-refractivity contribution in [1.29, 1.82) is 0 Å². The molecule has 0 saturated carbocycles. The molecule has 5 heteroatoms. The van der Waals surface area contributed by atoms with Crippen molar-refractivity contribution >= 4 is 33.7 Å². The lowest BCUT2D eigenvalue weighted by molar-refractivity contribution is -0.597. The van der Waals surface area contributed by atoms with Crippen molar-refractivity contribution in [1.82, 2.24) is 0 Å². The monoisotopic (exact) mass is 405 g/mol.